The first-order valence-electron chi connectivity index (χ1n) is 8.29. The maximum Gasteiger partial charge on any atom is 0.309 e. The molecule has 2 aromatic rings. The van der Waals surface area contributed by atoms with Crippen molar-refractivity contribution in [3.05, 3.63) is 71.8 Å². The molecule has 0 spiro atoms. The molecule has 0 heterocycles. The van der Waals surface area contributed by atoms with Crippen LogP contribution in [0.2, 0.25) is 0 Å². The minimum atomic E-state index is -0.601. The summed E-state index contributed by atoms with van der Waals surface area (Å²) in [4.78, 5) is 23.2. The fourth-order valence-electron chi connectivity index (χ4n) is 2.34. The van der Waals surface area contributed by atoms with Crippen LogP contribution in [0.4, 0.5) is 0 Å². The van der Waals surface area contributed by atoms with Gasteiger partial charge in [0.25, 0.3) is 0 Å². The van der Waals surface area contributed by atoms with Gasteiger partial charge in [-0.1, -0.05) is 60.7 Å². The summed E-state index contributed by atoms with van der Waals surface area (Å²) in [5.41, 5.74) is 6.06. The van der Waals surface area contributed by atoms with Gasteiger partial charge in [0.2, 0.25) is 0 Å². The summed E-state index contributed by atoms with van der Waals surface area (Å²) in [6.07, 6.45) is 0. The van der Waals surface area contributed by atoms with Gasteiger partial charge in [-0.25, -0.2) is 0 Å². The average Bonchev–Trinajstić information content (AvgIpc) is 2.67. The second-order valence-corrected chi connectivity index (χ2v) is 6.65. The molecule has 2 aromatic carbocycles. The van der Waals surface area contributed by atoms with E-state index in [1.165, 1.54) is 11.1 Å². The van der Waals surface area contributed by atoms with Gasteiger partial charge in [-0.05, 0) is 11.1 Å². The van der Waals surface area contributed by atoms with Crippen molar-refractivity contribution in [3.63, 3.8) is 0 Å². The quantitative estimate of drug-likeness (QED) is 0.329. The van der Waals surface area contributed by atoms with Crippen LogP contribution < -0.4 is 33.3 Å². The predicted molar refractivity (Wildman–Crippen MR) is 101 cm³/mol. The van der Waals surface area contributed by atoms with Crippen LogP contribution in [0.25, 0.3) is 0 Å². The predicted octanol–water partition coefficient (Wildman–Crippen LogP) is -2.01. The molecule has 0 atom stereocenters. The van der Waals surface area contributed by atoms with E-state index in [4.69, 9.17) is 0 Å². The highest BCUT2D eigenvalue weighted by molar-refractivity contribution is 7.99. The lowest BCUT2D eigenvalue weighted by atomic mass is 10.0. The van der Waals surface area contributed by atoms with Gasteiger partial charge in [-0.3, -0.25) is 9.59 Å². The molecule has 0 fully saturated rings. The third-order valence-corrected chi connectivity index (χ3v) is 4.86. The third kappa shape index (κ3) is 7.19. The highest BCUT2D eigenvalue weighted by Gasteiger charge is 2.15. The summed E-state index contributed by atoms with van der Waals surface area (Å²) in [6, 6.07) is 20.5. The summed E-state index contributed by atoms with van der Waals surface area (Å²) >= 11 is 1.74. The Balaban J connectivity index is 0.00000338. The van der Waals surface area contributed by atoms with Crippen molar-refractivity contribution in [2.75, 3.05) is 25.4 Å². The molecule has 5 nitrogen and oxygen atoms in total. The molecule has 5 N–H and O–H groups in total. The van der Waals surface area contributed by atoms with Crippen LogP contribution in [0.5, 0.6) is 0 Å². The molecule has 0 radical (unpaired) electrons. The van der Waals surface area contributed by atoms with E-state index in [2.05, 4.69) is 40.6 Å². The lowest BCUT2D eigenvalue weighted by Crippen LogP contribution is -3.00. The molecular weight excluding hydrogens is 414 g/mol. The van der Waals surface area contributed by atoms with Gasteiger partial charge in [0.1, 0.15) is 0 Å². The normalized spacial score (nSPS) is 10.1. The number of hydrogen-bond donors (Lipinski definition) is 3. The second kappa shape index (κ2) is 12.5. The van der Waals surface area contributed by atoms with Crippen LogP contribution >= 0.6 is 11.8 Å². The summed E-state index contributed by atoms with van der Waals surface area (Å²) in [6.45, 7) is 1.41. The lowest BCUT2D eigenvalue weighted by molar-refractivity contribution is -0.364. The topological polar surface area (TPSA) is 85.8 Å². The van der Waals surface area contributed by atoms with Crippen LogP contribution in [0.1, 0.15) is 16.4 Å². The summed E-state index contributed by atoms with van der Waals surface area (Å²) in [7, 11) is 0. The van der Waals surface area contributed by atoms with E-state index >= 15 is 0 Å². The number of carbonyl (C=O) groups is 2. The third-order valence-electron chi connectivity index (χ3n) is 3.55. The van der Waals surface area contributed by atoms with Gasteiger partial charge < -0.3 is 33.3 Å². The van der Waals surface area contributed by atoms with Gasteiger partial charge in [0.15, 0.2) is 0 Å². The molecule has 0 aliphatic carbocycles. The van der Waals surface area contributed by atoms with Crippen LogP contribution in [0.3, 0.4) is 0 Å². The van der Waals surface area contributed by atoms with E-state index in [0.717, 1.165) is 0 Å². The summed E-state index contributed by atoms with van der Waals surface area (Å²) in [5, 5.41) is 5.36. The number of thioether (sulfide) groups is 1. The number of rotatable bonds is 8. The Morgan fingerprint density at radius 3 is 1.77 bits per heavy atom. The van der Waals surface area contributed by atoms with Crippen molar-refractivity contribution < 1.29 is 32.3 Å². The number of amides is 2. The fourth-order valence-corrected chi connectivity index (χ4v) is 3.50. The molecule has 7 heteroatoms. The molecule has 0 saturated heterocycles. The zero-order valence-corrected chi connectivity index (χ0v) is 16.9. The minimum Gasteiger partial charge on any atom is -1.00 e. The minimum absolute atomic E-state index is 0. The van der Waals surface area contributed by atoms with E-state index in [9.17, 15) is 9.59 Å². The molecule has 0 bridgehead atoms. The SMILES string of the molecule is [Br-].[NH3+]CCNC(=O)C(=O)NCCSC(c1ccccc1)c1ccccc1. The molecule has 0 saturated carbocycles. The van der Waals surface area contributed by atoms with Crippen molar-refractivity contribution in [2.45, 2.75) is 5.25 Å². The molecule has 2 amide bonds. The maximum atomic E-state index is 11.7. The Bertz CT molecular complexity index is 631. The summed E-state index contributed by atoms with van der Waals surface area (Å²) in [5.74, 6) is -0.482. The largest absolute Gasteiger partial charge is 1.00 e. The first-order valence-corrected chi connectivity index (χ1v) is 9.34. The number of carbonyl (C=O) groups excluding carboxylic acids is 2. The Morgan fingerprint density at radius 1 is 0.846 bits per heavy atom. The highest BCUT2D eigenvalue weighted by Crippen LogP contribution is 2.34. The standard InChI is InChI=1S/C19H23N3O2S.BrH/c20-11-12-21-18(23)19(24)22-13-14-25-17(15-7-3-1-4-8-15)16-9-5-2-6-10-16;/h1-10,17H,11-14,20H2,(H,21,23)(H,22,24);1H. The Morgan fingerprint density at radius 2 is 1.31 bits per heavy atom. The zero-order chi connectivity index (χ0) is 17.9. The second-order valence-electron chi connectivity index (χ2n) is 5.44. The molecule has 2 rings (SSSR count). The first-order chi connectivity index (χ1) is 12.2. The van der Waals surface area contributed by atoms with E-state index in [1.54, 1.807) is 11.8 Å². The van der Waals surface area contributed by atoms with Crippen LogP contribution in [0.15, 0.2) is 60.7 Å². The lowest BCUT2D eigenvalue weighted by Gasteiger charge is -2.18. The number of quaternary nitrogens is 1. The van der Waals surface area contributed by atoms with Crippen molar-refractivity contribution >= 4 is 23.6 Å². The fraction of sp³-hybridized carbons (Fsp3) is 0.263. The number of nitrogens with one attached hydrogen (secondary N) is 2. The number of halogens is 1. The van der Waals surface area contributed by atoms with Crippen LogP contribution in [-0.4, -0.2) is 37.2 Å². The van der Waals surface area contributed by atoms with Gasteiger partial charge in [-0.2, -0.15) is 0 Å². The smallest absolute Gasteiger partial charge is 0.309 e. The van der Waals surface area contributed by atoms with E-state index in [0.29, 0.717) is 25.4 Å². The molecule has 0 aromatic heterocycles. The van der Waals surface area contributed by atoms with Crippen LogP contribution in [-0.2, 0) is 9.59 Å². The Labute approximate surface area is 168 Å². The van der Waals surface area contributed by atoms with Crippen molar-refractivity contribution in [1.82, 2.24) is 10.6 Å². The number of hydrogen-bond acceptors (Lipinski definition) is 3. The monoisotopic (exact) mass is 437 g/mol. The van der Waals surface area contributed by atoms with E-state index in [1.807, 2.05) is 36.4 Å². The van der Waals surface area contributed by atoms with Crippen molar-refractivity contribution in [3.8, 4) is 0 Å². The Kier molecular flexibility index (Phi) is 10.7. The maximum absolute atomic E-state index is 11.7. The molecule has 0 unspecified atom stereocenters. The summed E-state index contributed by atoms with van der Waals surface area (Å²) < 4.78 is 0. The van der Waals surface area contributed by atoms with Crippen molar-refractivity contribution in [2.24, 2.45) is 0 Å². The van der Waals surface area contributed by atoms with Gasteiger partial charge in [0, 0.05) is 12.3 Å². The van der Waals surface area contributed by atoms with Gasteiger partial charge >= 0.3 is 11.8 Å². The van der Waals surface area contributed by atoms with Gasteiger partial charge in [-0.15, -0.1) is 11.8 Å². The number of benzene rings is 2. The first kappa shape index (κ1) is 22.2. The molecular formula is C19H24BrN3O2S. The molecule has 0 aliphatic rings. The van der Waals surface area contributed by atoms with Crippen molar-refractivity contribution in [1.29, 1.82) is 0 Å². The Hall–Kier alpha value is -1.83. The average molecular weight is 438 g/mol. The molecule has 140 valence electrons. The van der Waals surface area contributed by atoms with Crippen LogP contribution in [0, 0.1) is 0 Å². The van der Waals surface area contributed by atoms with Gasteiger partial charge in [0.05, 0.1) is 18.3 Å². The van der Waals surface area contributed by atoms with E-state index in [-0.39, 0.29) is 22.2 Å². The zero-order valence-electron chi connectivity index (χ0n) is 14.5. The highest BCUT2D eigenvalue weighted by atomic mass is 79.9. The van der Waals surface area contributed by atoms with E-state index < -0.39 is 11.8 Å². The molecule has 0 aliphatic heterocycles. The molecule has 26 heavy (non-hydrogen) atoms.